The second kappa shape index (κ2) is 9.17. The molecule has 1 saturated heterocycles. The van der Waals surface area contributed by atoms with Gasteiger partial charge in [0.05, 0.1) is 19.0 Å². The van der Waals surface area contributed by atoms with Crippen molar-refractivity contribution in [1.82, 2.24) is 19.5 Å². The Hall–Kier alpha value is 1.36. The van der Waals surface area contributed by atoms with Gasteiger partial charge in [0.1, 0.15) is 12.3 Å². The number of aliphatic hydroxyl groups is 2. The van der Waals surface area contributed by atoms with Crippen LogP contribution in [0.1, 0.15) is 12.6 Å². The van der Waals surface area contributed by atoms with Crippen molar-refractivity contribution in [2.45, 2.75) is 24.9 Å². The van der Waals surface area contributed by atoms with Crippen LogP contribution in [0.25, 0.3) is 11.2 Å². The van der Waals surface area contributed by atoms with Crippen LogP contribution >= 0.6 is 11.6 Å². The summed E-state index contributed by atoms with van der Waals surface area (Å²) in [7, 11) is 0. The molecule has 22 heavy (non-hydrogen) atoms. The Balaban J connectivity index is 0.00000121. The predicted molar refractivity (Wildman–Crippen MR) is 69.8 cm³/mol. The van der Waals surface area contributed by atoms with E-state index in [0.717, 1.165) is 0 Å². The number of nitrogen functional groups attached to an aromatic ring is 1. The van der Waals surface area contributed by atoms with Gasteiger partial charge in [-0.3, -0.25) is 4.57 Å². The number of nitrogens with one attached hydrogen (secondary N) is 1. The molecule has 9 nitrogen and oxygen atoms in total. The van der Waals surface area contributed by atoms with Gasteiger partial charge in [-0.05, 0) is 11.6 Å². The molecule has 0 aliphatic carbocycles. The molecule has 5 N–H and O–H groups in total. The zero-order valence-corrected chi connectivity index (χ0v) is 21.7. The molecule has 12 heteroatoms. The Morgan fingerprint density at radius 3 is 2.77 bits per heavy atom. The zero-order chi connectivity index (χ0) is 14.3. The molecule has 3 atom stereocenters. The van der Waals surface area contributed by atoms with Crippen molar-refractivity contribution >= 4 is 28.6 Å². The molecule has 0 saturated carbocycles. The topological polar surface area (TPSA) is 131 Å². The van der Waals surface area contributed by atoms with Crippen LogP contribution in [0.3, 0.4) is 0 Å². The van der Waals surface area contributed by atoms with Crippen LogP contribution in [0.15, 0.2) is 6.33 Å². The number of nitrogens with two attached hydrogens (primary N) is 1. The van der Waals surface area contributed by atoms with Gasteiger partial charge in [0.2, 0.25) is 5.28 Å². The third-order valence-electron chi connectivity index (χ3n) is 3.23. The molecule has 3 rings (SSSR count). The van der Waals surface area contributed by atoms with Crippen LogP contribution in [0.5, 0.6) is 0 Å². The van der Waals surface area contributed by atoms with E-state index in [2.05, 4.69) is 20.4 Å². The summed E-state index contributed by atoms with van der Waals surface area (Å²) >= 11 is 5.83. The molecule has 1 fully saturated rings. The molecule has 3 unspecified atom stereocenters. The van der Waals surface area contributed by atoms with E-state index in [9.17, 15) is 5.11 Å². The first-order valence-corrected chi connectivity index (χ1v) is 6.33. The third kappa shape index (κ3) is 4.12. The van der Waals surface area contributed by atoms with E-state index in [1.165, 1.54) is 6.33 Å². The summed E-state index contributed by atoms with van der Waals surface area (Å²) in [5.41, 5.74) is 3.29. The quantitative estimate of drug-likeness (QED) is 0.186. The summed E-state index contributed by atoms with van der Waals surface area (Å²) in [5, 5.41) is 18.9. The summed E-state index contributed by atoms with van der Waals surface area (Å²) in [5.74, 6) is 5.66. The first-order chi connectivity index (χ1) is 9.63. The molecule has 2 aromatic rings. The van der Waals surface area contributed by atoms with Crippen LogP contribution in [-0.2, 0) is 4.74 Å². The molecule has 0 aromatic carbocycles. The smallest absolute Gasteiger partial charge is 0.226 e. The van der Waals surface area contributed by atoms with Gasteiger partial charge < -0.3 is 20.4 Å². The number of hydrazine groups is 1. The predicted octanol–water partition coefficient (Wildman–Crippen LogP) is -0.594. The Morgan fingerprint density at radius 2 is 2.18 bits per heavy atom. The van der Waals surface area contributed by atoms with Gasteiger partial charge in [-0.15, -0.1) is 0 Å². The molecular formula is C10H13Ac2ClN6O3. The number of imidazole rings is 1. The largest absolute Gasteiger partial charge is 0.394 e. The number of fused-ring (bicyclic) bond motifs is 1. The van der Waals surface area contributed by atoms with Crippen molar-refractivity contribution in [3.05, 3.63) is 11.6 Å². The van der Waals surface area contributed by atoms with Gasteiger partial charge in [0.15, 0.2) is 17.0 Å². The molecule has 1 aliphatic rings. The van der Waals surface area contributed by atoms with Crippen molar-refractivity contribution in [2.75, 3.05) is 12.0 Å². The average molecular weight is 755 g/mol. The van der Waals surface area contributed by atoms with Crippen LogP contribution in [0.2, 0.25) is 5.28 Å². The Labute approximate surface area is 202 Å². The summed E-state index contributed by atoms with van der Waals surface area (Å²) in [6.45, 7) is -0.254. The van der Waals surface area contributed by atoms with E-state index in [1.54, 1.807) is 4.57 Å². The molecule has 114 valence electrons. The number of hydrogen-bond acceptors (Lipinski definition) is 8. The number of anilines is 1. The van der Waals surface area contributed by atoms with E-state index in [-0.39, 0.29) is 100 Å². The fourth-order valence-electron chi connectivity index (χ4n) is 2.25. The van der Waals surface area contributed by atoms with Gasteiger partial charge in [0, 0.05) is 94.5 Å². The maximum Gasteiger partial charge on any atom is 0.226 e. The van der Waals surface area contributed by atoms with E-state index in [4.69, 9.17) is 27.3 Å². The van der Waals surface area contributed by atoms with E-state index in [1.807, 2.05) is 0 Å². The molecular weight excluding hydrogens is 742 g/mol. The minimum absolute atomic E-state index is 0. The van der Waals surface area contributed by atoms with Crippen molar-refractivity contribution in [3.8, 4) is 0 Å². The number of ether oxygens (including phenoxy) is 1. The Kier molecular flexibility index (Phi) is 8.92. The number of nitrogens with zero attached hydrogens (tertiary/aromatic N) is 4. The van der Waals surface area contributed by atoms with Crippen molar-refractivity contribution in [1.29, 1.82) is 0 Å². The van der Waals surface area contributed by atoms with Crippen LogP contribution in [-0.4, -0.2) is 48.5 Å². The first kappa shape index (κ1) is 21.4. The monoisotopic (exact) mass is 754 g/mol. The van der Waals surface area contributed by atoms with E-state index < -0.39 is 18.4 Å². The van der Waals surface area contributed by atoms with Crippen molar-refractivity contribution < 1.29 is 103 Å². The maximum atomic E-state index is 9.78. The van der Waals surface area contributed by atoms with Gasteiger partial charge in [0.25, 0.3) is 0 Å². The standard InChI is InChI=1S/C10H13ClN6O3.2Ac/c11-10-14-8(16-12)7-9(15-10)17(3-13-7)6-1-4(19)5(2-18)20-6;;/h3-6,18-19H,1-2,12H2,(H,14,15,16);;. The number of aromatic nitrogens is 4. The normalized spacial score (nSPS) is 23.9. The van der Waals surface area contributed by atoms with Crippen LogP contribution < -0.4 is 11.3 Å². The van der Waals surface area contributed by atoms with Gasteiger partial charge in [-0.2, -0.15) is 9.97 Å². The molecule has 0 spiro atoms. The number of rotatable bonds is 3. The summed E-state index contributed by atoms with van der Waals surface area (Å²) in [6, 6.07) is 0. The summed E-state index contributed by atoms with van der Waals surface area (Å²) in [6.07, 6.45) is -0.0189. The van der Waals surface area contributed by atoms with E-state index >= 15 is 0 Å². The van der Waals surface area contributed by atoms with Crippen LogP contribution in [0.4, 0.5) is 5.82 Å². The van der Waals surface area contributed by atoms with E-state index in [0.29, 0.717) is 23.4 Å². The number of halogens is 1. The molecule has 2 radical (unpaired) electrons. The molecule has 2 aromatic heterocycles. The minimum atomic E-state index is -0.744. The molecule has 3 heterocycles. The maximum absolute atomic E-state index is 9.78. The third-order valence-corrected chi connectivity index (χ3v) is 3.39. The Morgan fingerprint density at radius 1 is 1.45 bits per heavy atom. The molecule has 0 bridgehead atoms. The minimum Gasteiger partial charge on any atom is -0.394 e. The second-order valence-electron chi connectivity index (χ2n) is 4.42. The fourth-order valence-corrected chi connectivity index (χ4v) is 2.42. The first-order valence-electron chi connectivity index (χ1n) is 5.95. The van der Waals surface area contributed by atoms with Gasteiger partial charge >= 0.3 is 0 Å². The molecule has 1 aliphatic heterocycles. The fraction of sp³-hybridized carbons (Fsp3) is 0.500. The second-order valence-corrected chi connectivity index (χ2v) is 4.76. The summed E-state index contributed by atoms with van der Waals surface area (Å²) in [4.78, 5) is 12.2. The van der Waals surface area contributed by atoms with Crippen LogP contribution in [0, 0.1) is 88.1 Å². The molecule has 0 amide bonds. The SMILES string of the molecule is NNc1nc(Cl)nc2c1ncn2C1CC(O)C(CO)O1.[Ac].[Ac]. The van der Waals surface area contributed by atoms with Crippen molar-refractivity contribution in [3.63, 3.8) is 0 Å². The Bertz CT molecular complexity index is 644. The van der Waals surface area contributed by atoms with Gasteiger partial charge in [-0.25, -0.2) is 10.8 Å². The average Bonchev–Trinajstić information content (AvgIpc) is 3.00. The van der Waals surface area contributed by atoms with Crippen molar-refractivity contribution in [2.24, 2.45) is 5.84 Å². The number of aliphatic hydroxyl groups excluding tert-OH is 2. The van der Waals surface area contributed by atoms with Gasteiger partial charge in [-0.1, -0.05) is 0 Å². The number of hydrogen-bond donors (Lipinski definition) is 4. The zero-order valence-electron chi connectivity index (χ0n) is 11.4. The summed E-state index contributed by atoms with van der Waals surface area (Å²) < 4.78 is 7.18.